The average Bonchev–Trinajstić information content (AvgIpc) is 3.31. The average molecular weight is 427 g/mol. The van der Waals surface area contributed by atoms with E-state index in [4.69, 9.17) is 13.9 Å². The van der Waals surface area contributed by atoms with E-state index in [9.17, 15) is 9.90 Å². The normalized spacial score (nSPS) is 14.9. The van der Waals surface area contributed by atoms with Crippen molar-refractivity contribution in [1.29, 1.82) is 0 Å². The number of likely N-dealkylation sites (tertiary alicyclic amines) is 1. The van der Waals surface area contributed by atoms with Gasteiger partial charge in [-0.05, 0) is 78.4 Å². The number of carbonyl (C=O) groups excluding carboxylic acids is 1. The molecule has 2 aromatic rings. The van der Waals surface area contributed by atoms with E-state index in [0.717, 1.165) is 50.0 Å². The molecule has 0 atom stereocenters. The Kier molecular flexibility index (Phi) is 12.2. The fraction of sp³-hybridized carbons (Fsp3) is 0.591. The second-order valence-corrected chi connectivity index (χ2v) is 8.24. The van der Waals surface area contributed by atoms with Gasteiger partial charge in [0.2, 0.25) is 0 Å². The van der Waals surface area contributed by atoms with Gasteiger partial charge in [-0.1, -0.05) is 0 Å². The Morgan fingerprint density at radius 2 is 1.42 bits per heavy atom. The molecule has 3 heterocycles. The van der Waals surface area contributed by atoms with Crippen molar-refractivity contribution in [3.05, 3.63) is 47.3 Å². The Morgan fingerprint density at radius 3 is 1.84 bits per heavy atom. The minimum Gasteiger partial charge on any atom is -0.550 e. The minimum atomic E-state index is -0.911. The number of aliphatic hydroxyl groups excluding tert-OH is 1. The molecule has 2 aromatic heterocycles. The van der Waals surface area contributed by atoms with E-state index in [2.05, 4.69) is 9.80 Å². The van der Waals surface area contributed by atoms with Crippen molar-refractivity contribution in [3.63, 3.8) is 0 Å². The summed E-state index contributed by atoms with van der Waals surface area (Å²) in [6, 6.07) is 7.68. The number of hydrogen-bond donors (Lipinski definition) is 1. The molecule has 1 aliphatic heterocycles. The molecular formula is C22H34LiN3O5. The van der Waals surface area contributed by atoms with Crippen LogP contribution in [0.2, 0.25) is 0 Å². The molecule has 3 rings (SSSR count). The molecule has 1 aliphatic rings. The summed E-state index contributed by atoms with van der Waals surface area (Å²) >= 11 is 0. The van der Waals surface area contributed by atoms with Crippen molar-refractivity contribution in [2.75, 3.05) is 41.3 Å². The standard InChI is InChI=1S/C14H22N2O3.C8H13NO2.Li/c1-15(2)9-12-3-4-13(19-12)10-16-7-5-11(6-8-16)14(17)18;1-9(2)5-7-3-4-8(6-10)11-7;/h3-4,11H,5-10H2,1-2H3,(H,17,18);3-4,10H,5-6H2,1-2H3;/q;;+1/p-1. The van der Waals surface area contributed by atoms with Crippen molar-refractivity contribution < 1.29 is 42.7 Å². The first-order valence-corrected chi connectivity index (χ1v) is 10.3. The molecule has 0 spiro atoms. The molecule has 0 aliphatic carbocycles. The number of carbonyl (C=O) groups is 1. The van der Waals surface area contributed by atoms with Crippen LogP contribution in [0.1, 0.15) is 35.9 Å². The van der Waals surface area contributed by atoms with E-state index < -0.39 is 5.97 Å². The number of carboxylic acids is 1. The van der Waals surface area contributed by atoms with Gasteiger partial charge in [0.25, 0.3) is 0 Å². The maximum absolute atomic E-state index is 10.8. The molecule has 0 radical (unpaired) electrons. The first-order valence-electron chi connectivity index (χ1n) is 10.3. The number of nitrogens with zero attached hydrogens (tertiary/aromatic N) is 3. The first-order chi connectivity index (χ1) is 14.3. The second-order valence-electron chi connectivity index (χ2n) is 8.24. The van der Waals surface area contributed by atoms with Gasteiger partial charge in [-0.15, -0.1) is 0 Å². The van der Waals surface area contributed by atoms with Gasteiger partial charge in [0.15, 0.2) is 0 Å². The maximum atomic E-state index is 10.8. The van der Waals surface area contributed by atoms with Gasteiger partial charge in [0.1, 0.15) is 29.6 Å². The molecule has 0 aromatic carbocycles. The third-order valence-electron chi connectivity index (χ3n) is 4.83. The van der Waals surface area contributed by atoms with Gasteiger partial charge in [-0.2, -0.15) is 0 Å². The maximum Gasteiger partial charge on any atom is 1.00 e. The number of hydrogen-bond acceptors (Lipinski definition) is 8. The summed E-state index contributed by atoms with van der Waals surface area (Å²) in [7, 11) is 7.96. The quantitative estimate of drug-likeness (QED) is 0.490. The summed E-state index contributed by atoms with van der Waals surface area (Å²) in [6.45, 7) is 3.90. The van der Waals surface area contributed by atoms with Crippen molar-refractivity contribution in [2.45, 2.75) is 39.1 Å². The fourth-order valence-corrected chi connectivity index (χ4v) is 3.36. The molecule has 0 unspecified atom stereocenters. The smallest absolute Gasteiger partial charge is 0.550 e. The van der Waals surface area contributed by atoms with Crippen LogP contribution in [-0.2, 0) is 31.0 Å². The topological polar surface area (TPSA) is 96.4 Å². The monoisotopic (exact) mass is 427 g/mol. The van der Waals surface area contributed by atoms with Crippen LogP contribution in [0.15, 0.2) is 33.1 Å². The van der Waals surface area contributed by atoms with Gasteiger partial charge >= 0.3 is 18.9 Å². The molecule has 168 valence electrons. The zero-order chi connectivity index (χ0) is 22.1. The van der Waals surface area contributed by atoms with E-state index in [1.165, 1.54) is 0 Å². The number of aliphatic carboxylic acids is 1. The zero-order valence-corrected chi connectivity index (χ0v) is 19.5. The van der Waals surface area contributed by atoms with Crippen LogP contribution in [0.5, 0.6) is 0 Å². The second kappa shape index (κ2) is 13.8. The number of furan rings is 2. The molecule has 0 saturated carbocycles. The zero-order valence-electron chi connectivity index (χ0n) is 19.5. The third-order valence-corrected chi connectivity index (χ3v) is 4.83. The number of piperidine rings is 1. The largest absolute Gasteiger partial charge is 1.00 e. The summed E-state index contributed by atoms with van der Waals surface area (Å²) in [5.41, 5.74) is 0. The van der Waals surface area contributed by atoms with E-state index >= 15 is 0 Å². The predicted molar refractivity (Wildman–Crippen MR) is 111 cm³/mol. The molecule has 1 N–H and O–H groups in total. The number of rotatable bonds is 8. The fourth-order valence-electron chi connectivity index (χ4n) is 3.36. The Morgan fingerprint density at radius 1 is 0.968 bits per heavy atom. The summed E-state index contributed by atoms with van der Waals surface area (Å²) in [5.74, 6) is 2.23. The summed E-state index contributed by atoms with van der Waals surface area (Å²) in [5, 5.41) is 19.5. The molecule has 9 heteroatoms. The molecule has 31 heavy (non-hydrogen) atoms. The van der Waals surface area contributed by atoms with Gasteiger partial charge < -0.3 is 33.6 Å². The molecule has 1 saturated heterocycles. The van der Waals surface area contributed by atoms with E-state index in [-0.39, 0.29) is 31.4 Å². The third kappa shape index (κ3) is 10.1. The SMILES string of the molecule is CN(C)Cc1ccc(CN2CCC(C(=O)[O-])CC2)o1.CN(C)Cc1ccc(CO)o1.[Li+]. The van der Waals surface area contributed by atoms with E-state index in [1.54, 1.807) is 6.07 Å². The summed E-state index contributed by atoms with van der Waals surface area (Å²) in [6.07, 6.45) is 1.35. The van der Waals surface area contributed by atoms with Gasteiger partial charge in [-0.25, -0.2) is 0 Å². The van der Waals surface area contributed by atoms with Crippen LogP contribution < -0.4 is 24.0 Å². The molecular weight excluding hydrogens is 393 g/mol. The Labute approximate surface area is 197 Å². The Balaban J connectivity index is 0.000000344. The molecule has 0 bridgehead atoms. The van der Waals surface area contributed by atoms with E-state index in [1.807, 2.05) is 51.3 Å². The van der Waals surface area contributed by atoms with Crippen LogP contribution in [0, 0.1) is 5.92 Å². The Hall–Kier alpha value is -1.53. The van der Waals surface area contributed by atoms with Crippen molar-refractivity contribution >= 4 is 5.97 Å². The first kappa shape index (κ1) is 27.5. The molecule has 8 nitrogen and oxygen atoms in total. The number of aliphatic hydroxyl groups is 1. The summed E-state index contributed by atoms with van der Waals surface area (Å²) < 4.78 is 11.0. The van der Waals surface area contributed by atoms with Crippen LogP contribution in [0.3, 0.4) is 0 Å². The van der Waals surface area contributed by atoms with Gasteiger partial charge in [0, 0.05) is 11.9 Å². The summed E-state index contributed by atoms with van der Waals surface area (Å²) in [4.78, 5) is 17.1. The van der Waals surface area contributed by atoms with Crippen molar-refractivity contribution in [3.8, 4) is 0 Å². The van der Waals surface area contributed by atoms with Gasteiger partial charge in [0.05, 0.1) is 19.6 Å². The van der Waals surface area contributed by atoms with Crippen molar-refractivity contribution in [2.24, 2.45) is 5.92 Å². The van der Waals surface area contributed by atoms with Crippen LogP contribution in [-0.4, -0.2) is 67.1 Å². The Bertz CT molecular complexity index is 767. The minimum absolute atomic E-state index is 0. The van der Waals surface area contributed by atoms with E-state index in [0.29, 0.717) is 18.6 Å². The van der Waals surface area contributed by atoms with Crippen LogP contribution in [0.4, 0.5) is 0 Å². The molecule has 0 amide bonds. The van der Waals surface area contributed by atoms with Gasteiger partial charge in [-0.3, -0.25) is 4.90 Å². The van der Waals surface area contributed by atoms with Crippen LogP contribution >= 0.6 is 0 Å². The molecule has 1 fully saturated rings. The van der Waals surface area contributed by atoms with Crippen LogP contribution in [0.25, 0.3) is 0 Å². The van der Waals surface area contributed by atoms with Crippen molar-refractivity contribution in [1.82, 2.24) is 14.7 Å². The number of carboxylic acid groups (broad SMARTS) is 1. The predicted octanol–water partition coefficient (Wildman–Crippen LogP) is -1.86.